The van der Waals surface area contributed by atoms with E-state index in [1.807, 2.05) is 4.90 Å². The fourth-order valence-corrected chi connectivity index (χ4v) is 6.91. The van der Waals surface area contributed by atoms with Crippen LogP contribution in [0.15, 0.2) is 12.1 Å². The number of ether oxygens (including phenoxy) is 1. The van der Waals surface area contributed by atoms with E-state index in [1.54, 1.807) is 0 Å². The van der Waals surface area contributed by atoms with Crippen LogP contribution in [0.1, 0.15) is 106 Å². The first kappa shape index (κ1) is 25.4. The van der Waals surface area contributed by atoms with E-state index in [9.17, 15) is 14.7 Å². The largest absolute Gasteiger partial charge is 0.465 e. The highest BCUT2D eigenvalue weighted by atomic mass is 32.1. The minimum atomic E-state index is -0.367. The molecule has 34 heavy (non-hydrogen) atoms. The quantitative estimate of drug-likeness (QED) is 0.476. The topological polar surface area (TPSA) is 66.8 Å². The van der Waals surface area contributed by atoms with E-state index < -0.39 is 0 Å². The second-order valence-corrected chi connectivity index (χ2v) is 12.6. The number of esters is 1. The number of carbonyl (C=O) groups is 2. The summed E-state index contributed by atoms with van der Waals surface area (Å²) < 4.78 is 5.18. The summed E-state index contributed by atoms with van der Waals surface area (Å²) >= 11 is 1.47. The Kier molecular flexibility index (Phi) is 7.88. The zero-order chi connectivity index (χ0) is 24.5. The van der Waals surface area contributed by atoms with Crippen LogP contribution in [0.2, 0.25) is 0 Å². The van der Waals surface area contributed by atoms with Crippen molar-refractivity contribution in [1.29, 1.82) is 0 Å². The standard InChI is InChI=1S/C28H41NO4S/c1-18-5-7-20(8-6-18)26(31)29(21-9-11-22(30)12-10-21)23-17-24(34-25(23)27(32)33-4)19-13-15-28(2,3)16-14-19/h13,17-18,20-22,30H,5-12,14-16H2,1-4H3. The van der Waals surface area contributed by atoms with Gasteiger partial charge in [-0.05, 0) is 93.6 Å². The smallest absolute Gasteiger partial charge is 0.350 e. The second kappa shape index (κ2) is 10.5. The number of carbonyl (C=O) groups excluding carboxylic acids is 2. The molecule has 4 rings (SSSR count). The number of nitrogens with zero attached hydrogens (tertiary/aromatic N) is 1. The van der Waals surface area contributed by atoms with Crippen LogP contribution in [-0.4, -0.2) is 36.2 Å². The minimum absolute atomic E-state index is 0.00610. The highest BCUT2D eigenvalue weighted by molar-refractivity contribution is 7.15. The fraction of sp³-hybridized carbons (Fsp3) is 0.714. The van der Waals surface area contributed by atoms with Gasteiger partial charge in [0.15, 0.2) is 0 Å². The van der Waals surface area contributed by atoms with Gasteiger partial charge in [0.05, 0.1) is 18.9 Å². The minimum Gasteiger partial charge on any atom is -0.465 e. The summed E-state index contributed by atoms with van der Waals surface area (Å²) in [7, 11) is 1.42. The zero-order valence-corrected chi connectivity index (χ0v) is 22.1. The van der Waals surface area contributed by atoms with Crippen molar-refractivity contribution in [3.63, 3.8) is 0 Å². The monoisotopic (exact) mass is 487 g/mol. The van der Waals surface area contributed by atoms with Gasteiger partial charge in [0.2, 0.25) is 5.91 Å². The lowest BCUT2D eigenvalue weighted by Gasteiger charge is -2.39. The molecule has 1 heterocycles. The SMILES string of the molecule is COC(=O)c1sc(C2=CCC(C)(C)CC2)cc1N(C(=O)C1CCC(C)CC1)C1CCC(O)CC1. The van der Waals surface area contributed by atoms with E-state index in [-0.39, 0.29) is 29.9 Å². The van der Waals surface area contributed by atoms with Gasteiger partial charge < -0.3 is 14.7 Å². The first-order valence-electron chi connectivity index (χ1n) is 13.1. The Hall–Kier alpha value is -1.66. The molecule has 3 aliphatic carbocycles. The number of allylic oxidation sites excluding steroid dienone is 2. The molecule has 5 nitrogen and oxygen atoms in total. The Labute approximate surface area is 208 Å². The van der Waals surface area contributed by atoms with Gasteiger partial charge in [-0.2, -0.15) is 0 Å². The molecule has 1 N–H and O–H groups in total. The summed E-state index contributed by atoms with van der Waals surface area (Å²) in [5.41, 5.74) is 2.30. The predicted octanol–water partition coefficient (Wildman–Crippen LogP) is 6.59. The van der Waals surface area contributed by atoms with Crippen LogP contribution in [-0.2, 0) is 9.53 Å². The molecule has 0 aliphatic heterocycles. The van der Waals surface area contributed by atoms with Crippen LogP contribution in [0.5, 0.6) is 0 Å². The number of amides is 1. The number of rotatable bonds is 5. The highest BCUT2D eigenvalue weighted by Gasteiger charge is 2.38. The maximum Gasteiger partial charge on any atom is 0.350 e. The number of aliphatic hydroxyl groups is 1. The lowest BCUT2D eigenvalue weighted by molar-refractivity contribution is -0.124. The van der Waals surface area contributed by atoms with Gasteiger partial charge >= 0.3 is 5.97 Å². The van der Waals surface area contributed by atoms with E-state index in [2.05, 4.69) is 32.9 Å². The predicted molar refractivity (Wildman–Crippen MR) is 138 cm³/mol. The molecule has 0 bridgehead atoms. The Balaban J connectivity index is 1.72. The molecule has 0 aromatic carbocycles. The molecule has 2 saturated carbocycles. The molecule has 1 aromatic heterocycles. The van der Waals surface area contributed by atoms with Gasteiger partial charge in [-0.25, -0.2) is 4.79 Å². The number of hydrogen-bond donors (Lipinski definition) is 1. The maximum absolute atomic E-state index is 14.0. The van der Waals surface area contributed by atoms with Crippen molar-refractivity contribution in [2.45, 2.75) is 104 Å². The molecule has 6 heteroatoms. The molecule has 1 aromatic rings. The summed E-state index contributed by atoms with van der Waals surface area (Å²) in [5, 5.41) is 10.1. The molecule has 0 spiro atoms. The molecule has 0 atom stereocenters. The Morgan fingerprint density at radius 3 is 2.35 bits per heavy atom. The van der Waals surface area contributed by atoms with Crippen molar-refractivity contribution in [3.8, 4) is 0 Å². The van der Waals surface area contributed by atoms with Gasteiger partial charge in [-0.3, -0.25) is 4.79 Å². The van der Waals surface area contributed by atoms with E-state index >= 15 is 0 Å². The zero-order valence-electron chi connectivity index (χ0n) is 21.3. The van der Waals surface area contributed by atoms with E-state index in [0.717, 1.165) is 68.4 Å². The summed E-state index contributed by atoms with van der Waals surface area (Å²) in [6.45, 7) is 6.85. The van der Waals surface area contributed by atoms with Crippen LogP contribution in [0.3, 0.4) is 0 Å². The summed E-state index contributed by atoms with van der Waals surface area (Å²) in [6.07, 6.45) is 12.0. The van der Waals surface area contributed by atoms with Gasteiger partial charge in [0.1, 0.15) is 4.88 Å². The molecule has 0 saturated heterocycles. The lowest BCUT2D eigenvalue weighted by atomic mass is 9.78. The number of thiophene rings is 1. The molecule has 0 radical (unpaired) electrons. The Morgan fingerprint density at radius 2 is 1.76 bits per heavy atom. The van der Waals surface area contributed by atoms with Gasteiger partial charge in [-0.15, -0.1) is 11.3 Å². The third-order valence-electron chi connectivity index (χ3n) is 8.27. The third-order valence-corrected chi connectivity index (χ3v) is 9.45. The Bertz CT molecular complexity index is 917. The molecule has 1 amide bonds. The van der Waals surface area contributed by atoms with E-state index in [4.69, 9.17) is 4.74 Å². The van der Waals surface area contributed by atoms with Gasteiger partial charge in [0.25, 0.3) is 0 Å². The average molecular weight is 488 g/mol. The molecule has 188 valence electrons. The van der Waals surface area contributed by atoms with Crippen molar-refractivity contribution in [3.05, 3.63) is 21.9 Å². The van der Waals surface area contributed by atoms with Gasteiger partial charge in [0, 0.05) is 16.8 Å². The number of hydrogen-bond acceptors (Lipinski definition) is 5. The second-order valence-electron chi connectivity index (χ2n) is 11.5. The van der Waals surface area contributed by atoms with Crippen LogP contribution >= 0.6 is 11.3 Å². The van der Waals surface area contributed by atoms with Crippen molar-refractivity contribution in [2.24, 2.45) is 17.3 Å². The van der Waals surface area contributed by atoms with Crippen molar-refractivity contribution in [1.82, 2.24) is 0 Å². The highest BCUT2D eigenvalue weighted by Crippen LogP contribution is 2.44. The van der Waals surface area contributed by atoms with Gasteiger partial charge in [-0.1, -0.05) is 26.8 Å². The molecular formula is C28H41NO4S. The first-order valence-corrected chi connectivity index (χ1v) is 13.9. The fourth-order valence-electron chi connectivity index (χ4n) is 5.77. The van der Waals surface area contributed by atoms with Crippen LogP contribution in [0.25, 0.3) is 5.57 Å². The first-order chi connectivity index (χ1) is 16.2. The van der Waals surface area contributed by atoms with Crippen LogP contribution in [0, 0.1) is 17.3 Å². The molecular weight excluding hydrogens is 446 g/mol. The van der Waals surface area contributed by atoms with E-state index in [0.29, 0.717) is 29.1 Å². The van der Waals surface area contributed by atoms with Crippen molar-refractivity contribution >= 4 is 34.5 Å². The number of methoxy groups -OCH3 is 1. The average Bonchev–Trinajstić information content (AvgIpc) is 3.25. The van der Waals surface area contributed by atoms with Crippen molar-refractivity contribution in [2.75, 3.05) is 12.0 Å². The van der Waals surface area contributed by atoms with Crippen LogP contribution < -0.4 is 4.90 Å². The van der Waals surface area contributed by atoms with Crippen LogP contribution in [0.4, 0.5) is 5.69 Å². The Morgan fingerprint density at radius 1 is 1.09 bits per heavy atom. The molecule has 2 fully saturated rings. The van der Waals surface area contributed by atoms with Crippen molar-refractivity contribution < 1.29 is 19.4 Å². The normalized spacial score (nSPS) is 29.3. The maximum atomic E-state index is 14.0. The lowest BCUT2D eigenvalue weighted by Crippen LogP contribution is -2.47. The molecule has 3 aliphatic rings. The number of anilines is 1. The number of aliphatic hydroxyl groups excluding tert-OH is 1. The summed E-state index contributed by atoms with van der Waals surface area (Å²) in [4.78, 5) is 30.5. The summed E-state index contributed by atoms with van der Waals surface area (Å²) in [5.74, 6) is 0.463. The third kappa shape index (κ3) is 5.59. The molecule has 0 unspecified atom stereocenters. The van der Waals surface area contributed by atoms with E-state index in [1.165, 1.54) is 24.0 Å². The summed E-state index contributed by atoms with van der Waals surface area (Å²) in [6, 6.07) is 2.09.